The molecule has 2 N–H and O–H groups in total. The van der Waals surface area contributed by atoms with Crippen molar-refractivity contribution in [3.8, 4) is 17.1 Å². The number of hydrogen-bond acceptors (Lipinski definition) is 5. The highest BCUT2D eigenvalue weighted by molar-refractivity contribution is 5.89. The van der Waals surface area contributed by atoms with Crippen LogP contribution in [0.25, 0.3) is 22.2 Å². The van der Waals surface area contributed by atoms with Crippen molar-refractivity contribution in [2.24, 2.45) is 13.0 Å². The van der Waals surface area contributed by atoms with Crippen LogP contribution in [0.3, 0.4) is 0 Å². The van der Waals surface area contributed by atoms with Gasteiger partial charge in [-0.15, -0.1) is 0 Å². The van der Waals surface area contributed by atoms with Crippen LogP contribution in [-0.2, 0) is 17.3 Å². The van der Waals surface area contributed by atoms with Crippen molar-refractivity contribution in [2.75, 3.05) is 6.54 Å². The van der Waals surface area contributed by atoms with Crippen LogP contribution in [0.5, 0.6) is 5.88 Å². The molecule has 0 radical (unpaired) electrons. The summed E-state index contributed by atoms with van der Waals surface area (Å²) in [5, 5.41) is 15.9. The first-order valence-corrected chi connectivity index (χ1v) is 9.97. The van der Waals surface area contributed by atoms with Gasteiger partial charge in [0.25, 0.3) is 0 Å². The number of pyridine rings is 1. The monoisotopic (exact) mass is 396 g/mol. The number of carbonyl (C=O) groups is 1. The van der Waals surface area contributed by atoms with Gasteiger partial charge in [-0.3, -0.25) is 14.6 Å². The average Bonchev–Trinajstić information content (AvgIpc) is 3.34. The maximum Gasteiger partial charge on any atom is 0.225 e. The SMILES string of the molecule is Cc1c2c(OC(C)[C@H]3CNC(=O)C3)nc(-c3c[nH]nc3C(C)(C)C)cc2nn1C. The minimum atomic E-state index is -0.147. The van der Waals surface area contributed by atoms with Crippen LogP contribution in [0, 0.1) is 12.8 Å². The second kappa shape index (κ2) is 6.86. The number of ether oxygens (including phenoxy) is 1. The zero-order valence-electron chi connectivity index (χ0n) is 17.8. The third-order valence-electron chi connectivity index (χ3n) is 5.67. The van der Waals surface area contributed by atoms with Crippen LogP contribution < -0.4 is 10.1 Å². The molecule has 1 unspecified atom stereocenters. The van der Waals surface area contributed by atoms with Gasteiger partial charge in [0.2, 0.25) is 11.8 Å². The first-order valence-electron chi connectivity index (χ1n) is 9.97. The van der Waals surface area contributed by atoms with Gasteiger partial charge in [-0.1, -0.05) is 20.8 Å². The topological polar surface area (TPSA) is 97.7 Å². The van der Waals surface area contributed by atoms with E-state index in [1.165, 1.54) is 0 Å². The van der Waals surface area contributed by atoms with E-state index in [2.05, 4.69) is 41.4 Å². The van der Waals surface area contributed by atoms with Crippen molar-refractivity contribution >= 4 is 16.8 Å². The first-order chi connectivity index (χ1) is 13.6. The van der Waals surface area contributed by atoms with Gasteiger partial charge >= 0.3 is 0 Å². The second-order valence-corrected chi connectivity index (χ2v) is 8.90. The van der Waals surface area contributed by atoms with Gasteiger partial charge in [-0.25, -0.2) is 4.98 Å². The van der Waals surface area contributed by atoms with Crippen LogP contribution in [0.1, 0.15) is 45.5 Å². The normalized spacial score (nSPS) is 18.3. The number of H-pyrrole nitrogens is 1. The van der Waals surface area contributed by atoms with Gasteiger partial charge < -0.3 is 10.1 Å². The average molecular weight is 396 g/mol. The molecule has 0 aromatic carbocycles. The summed E-state index contributed by atoms with van der Waals surface area (Å²) in [6.45, 7) is 11.0. The van der Waals surface area contributed by atoms with E-state index in [1.54, 1.807) is 0 Å². The minimum Gasteiger partial charge on any atom is -0.474 e. The van der Waals surface area contributed by atoms with Gasteiger partial charge in [-0.05, 0) is 19.9 Å². The summed E-state index contributed by atoms with van der Waals surface area (Å²) in [4.78, 5) is 16.5. The molecular formula is C21H28N6O2. The van der Waals surface area contributed by atoms with Crippen molar-refractivity contribution in [3.05, 3.63) is 23.7 Å². The van der Waals surface area contributed by atoms with E-state index >= 15 is 0 Å². The molecule has 0 spiro atoms. The Morgan fingerprint density at radius 1 is 1.34 bits per heavy atom. The summed E-state index contributed by atoms with van der Waals surface area (Å²) < 4.78 is 8.17. The Kier molecular flexibility index (Phi) is 4.59. The highest BCUT2D eigenvalue weighted by Gasteiger charge is 2.30. The molecule has 154 valence electrons. The zero-order valence-corrected chi connectivity index (χ0v) is 17.8. The molecule has 3 aromatic rings. The lowest BCUT2D eigenvalue weighted by atomic mass is 9.88. The third-order valence-corrected chi connectivity index (χ3v) is 5.67. The fraction of sp³-hybridized carbons (Fsp3) is 0.524. The Bertz CT molecular complexity index is 1070. The minimum absolute atomic E-state index is 0.0723. The van der Waals surface area contributed by atoms with Gasteiger partial charge in [-0.2, -0.15) is 10.2 Å². The molecular weight excluding hydrogens is 368 g/mol. The fourth-order valence-electron chi connectivity index (χ4n) is 3.84. The van der Waals surface area contributed by atoms with Gasteiger partial charge in [0.05, 0.1) is 16.8 Å². The van der Waals surface area contributed by atoms with E-state index in [-0.39, 0.29) is 23.3 Å². The van der Waals surface area contributed by atoms with Crippen LogP contribution in [-0.4, -0.2) is 43.5 Å². The molecule has 1 aliphatic heterocycles. The molecule has 1 fully saturated rings. The molecule has 1 aliphatic rings. The predicted molar refractivity (Wildman–Crippen MR) is 111 cm³/mol. The van der Waals surface area contributed by atoms with Crippen LogP contribution in [0.15, 0.2) is 12.3 Å². The molecule has 4 heterocycles. The van der Waals surface area contributed by atoms with E-state index in [9.17, 15) is 4.79 Å². The number of fused-ring (bicyclic) bond motifs is 1. The number of aryl methyl sites for hydroxylation is 2. The number of hydrogen-bond donors (Lipinski definition) is 2. The van der Waals surface area contributed by atoms with Crippen molar-refractivity contribution in [2.45, 2.75) is 52.6 Å². The summed E-state index contributed by atoms with van der Waals surface area (Å²) >= 11 is 0. The molecule has 29 heavy (non-hydrogen) atoms. The van der Waals surface area contributed by atoms with E-state index < -0.39 is 0 Å². The Morgan fingerprint density at radius 3 is 2.76 bits per heavy atom. The largest absolute Gasteiger partial charge is 0.474 e. The summed E-state index contributed by atoms with van der Waals surface area (Å²) in [6.07, 6.45) is 2.20. The molecule has 1 amide bonds. The van der Waals surface area contributed by atoms with E-state index in [0.29, 0.717) is 18.8 Å². The van der Waals surface area contributed by atoms with Crippen molar-refractivity contribution in [1.82, 2.24) is 30.3 Å². The van der Waals surface area contributed by atoms with Gasteiger partial charge in [0, 0.05) is 48.8 Å². The summed E-state index contributed by atoms with van der Waals surface area (Å²) in [5.74, 6) is 0.748. The standard InChI is InChI=1S/C21H28N6O2/c1-11-18-16(26-27(11)6)8-15(14-10-23-25-19(14)21(3,4)5)24-20(18)29-12(2)13-7-17(28)22-9-13/h8,10,12-13H,7,9H2,1-6H3,(H,22,28)(H,23,25)/t12?,13-/m1/s1. The molecule has 2 atom stereocenters. The maximum atomic E-state index is 11.6. The van der Waals surface area contributed by atoms with Crippen LogP contribution in [0.4, 0.5) is 0 Å². The van der Waals surface area contributed by atoms with Crippen LogP contribution >= 0.6 is 0 Å². The lowest BCUT2D eigenvalue weighted by Crippen LogP contribution is -2.26. The van der Waals surface area contributed by atoms with Crippen LogP contribution in [0.2, 0.25) is 0 Å². The Labute approximate surface area is 170 Å². The number of rotatable bonds is 4. The molecule has 0 aliphatic carbocycles. The molecule has 8 nitrogen and oxygen atoms in total. The van der Waals surface area contributed by atoms with E-state index in [0.717, 1.165) is 33.5 Å². The molecule has 0 saturated carbocycles. The third kappa shape index (κ3) is 3.47. The second-order valence-electron chi connectivity index (χ2n) is 8.90. The zero-order chi connectivity index (χ0) is 20.9. The molecule has 0 bridgehead atoms. The number of amides is 1. The molecule has 4 rings (SSSR count). The quantitative estimate of drug-likeness (QED) is 0.707. The smallest absolute Gasteiger partial charge is 0.225 e. The predicted octanol–water partition coefficient (Wildman–Crippen LogP) is 2.87. The van der Waals surface area contributed by atoms with E-state index in [1.807, 2.05) is 37.8 Å². The number of nitrogens with zero attached hydrogens (tertiary/aromatic N) is 4. The summed E-state index contributed by atoms with van der Waals surface area (Å²) in [6, 6.07) is 1.99. The Hall–Kier alpha value is -2.90. The lowest BCUT2D eigenvalue weighted by Gasteiger charge is -2.20. The lowest BCUT2D eigenvalue weighted by molar-refractivity contribution is -0.119. The van der Waals surface area contributed by atoms with Crippen molar-refractivity contribution in [3.63, 3.8) is 0 Å². The van der Waals surface area contributed by atoms with Gasteiger partial charge in [0.1, 0.15) is 11.6 Å². The Balaban J connectivity index is 1.81. The molecule has 3 aromatic heterocycles. The number of aromatic nitrogens is 5. The molecule has 8 heteroatoms. The maximum absolute atomic E-state index is 11.6. The number of carbonyl (C=O) groups excluding carboxylic acids is 1. The van der Waals surface area contributed by atoms with Crippen molar-refractivity contribution in [1.29, 1.82) is 0 Å². The Morgan fingerprint density at radius 2 is 2.10 bits per heavy atom. The number of aromatic amines is 1. The molecule has 1 saturated heterocycles. The first kappa shape index (κ1) is 19.4. The van der Waals surface area contributed by atoms with Gasteiger partial charge in [0.15, 0.2) is 0 Å². The summed E-state index contributed by atoms with van der Waals surface area (Å²) in [5.41, 5.74) is 4.36. The number of nitrogens with one attached hydrogen (secondary N) is 2. The van der Waals surface area contributed by atoms with E-state index in [4.69, 9.17) is 9.72 Å². The highest BCUT2D eigenvalue weighted by atomic mass is 16.5. The summed E-state index contributed by atoms with van der Waals surface area (Å²) in [7, 11) is 1.92. The fourth-order valence-corrected chi connectivity index (χ4v) is 3.84. The highest BCUT2D eigenvalue weighted by Crippen LogP contribution is 2.36. The van der Waals surface area contributed by atoms with Crippen molar-refractivity contribution < 1.29 is 9.53 Å².